The molecule has 7 heteroatoms. The van der Waals surface area contributed by atoms with E-state index in [0.29, 0.717) is 0 Å². The van der Waals surface area contributed by atoms with E-state index in [1.165, 1.54) is 6.20 Å². The number of nitrogens with one attached hydrogen (secondary N) is 1. The predicted octanol–water partition coefficient (Wildman–Crippen LogP) is 1.06. The molecule has 1 aromatic rings. The number of aromatic nitrogens is 1. The first kappa shape index (κ1) is 9.76. The van der Waals surface area contributed by atoms with Crippen molar-refractivity contribution in [1.82, 2.24) is 4.98 Å². The Morgan fingerprint density at radius 3 is 2.50 bits per heavy atom. The van der Waals surface area contributed by atoms with Gasteiger partial charge in [-0.2, -0.15) is 0 Å². The van der Waals surface area contributed by atoms with Crippen LogP contribution in [0.1, 0.15) is 0 Å². The Bertz CT molecular complexity index is 452. The Kier molecular flexibility index (Phi) is 2.60. The van der Waals surface area contributed by atoms with Gasteiger partial charge < -0.3 is 4.98 Å². The predicted molar refractivity (Wildman–Crippen MR) is 47.8 cm³/mol. The zero-order chi connectivity index (χ0) is 9.35. The van der Waals surface area contributed by atoms with Gasteiger partial charge in [0.25, 0.3) is 9.05 Å². The van der Waals surface area contributed by atoms with E-state index < -0.39 is 14.5 Å². The molecule has 1 heterocycles. The quantitative estimate of drug-likeness (QED) is 0.778. The smallest absolute Gasteiger partial charge is 0.276 e. The summed E-state index contributed by atoms with van der Waals surface area (Å²) in [6.45, 7) is 0. The number of hydrogen-bond acceptors (Lipinski definition) is 3. The van der Waals surface area contributed by atoms with Gasteiger partial charge in [0.05, 0.1) is 4.47 Å². The highest BCUT2D eigenvalue weighted by Crippen LogP contribution is 2.10. The SMILES string of the molecule is O=c1cc(S(=O)(=O)Cl)[nH]cc1Br. The van der Waals surface area contributed by atoms with Crippen molar-refractivity contribution >= 4 is 35.7 Å². The Labute approximate surface area is 81.1 Å². The normalized spacial score (nSPS) is 11.5. The van der Waals surface area contributed by atoms with Crippen LogP contribution in [0.3, 0.4) is 0 Å². The van der Waals surface area contributed by atoms with Crippen LogP contribution in [0.2, 0.25) is 0 Å². The van der Waals surface area contributed by atoms with Crippen LogP contribution in [0.15, 0.2) is 26.6 Å². The van der Waals surface area contributed by atoms with Crippen LogP contribution in [0.25, 0.3) is 0 Å². The number of hydrogen-bond donors (Lipinski definition) is 1. The van der Waals surface area contributed by atoms with Gasteiger partial charge in [0, 0.05) is 22.9 Å². The summed E-state index contributed by atoms with van der Waals surface area (Å²) in [5.74, 6) is 0. The molecule has 4 nitrogen and oxygen atoms in total. The van der Waals surface area contributed by atoms with Gasteiger partial charge in [0.15, 0.2) is 10.5 Å². The molecule has 0 aliphatic rings. The molecule has 0 amide bonds. The lowest BCUT2D eigenvalue weighted by Crippen LogP contribution is -2.05. The van der Waals surface area contributed by atoms with Crippen LogP contribution in [-0.4, -0.2) is 13.4 Å². The Hall–Kier alpha value is -0.330. The molecule has 0 spiro atoms. The number of halogens is 2. The van der Waals surface area contributed by atoms with Crippen LogP contribution >= 0.6 is 26.6 Å². The molecular weight excluding hydrogens is 269 g/mol. The minimum Gasteiger partial charge on any atom is -0.350 e. The lowest BCUT2D eigenvalue weighted by Gasteiger charge is -1.94. The first-order valence-corrected chi connectivity index (χ1v) is 5.84. The molecule has 1 aromatic heterocycles. The maximum Gasteiger partial charge on any atom is 0.276 e. The topological polar surface area (TPSA) is 67.0 Å². The van der Waals surface area contributed by atoms with Crippen molar-refractivity contribution in [2.45, 2.75) is 5.03 Å². The number of aromatic amines is 1. The maximum atomic E-state index is 10.9. The van der Waals surface area contributed by atoms with E-state index in [0.717, 1.165) is 6.07 Å². The van der Waals surface area contributed by atoms with Gasteiger partial charge >= 0.3 is 0 Å². The minimum absolute atomic E-state index is 0.256. The van der Waals surface area contributed by atoms with E-state index in [-0.39, 0.29) is 9.50 Å². The summed E-state index contributed by atoms with van der Waals surface area (Å²) >= 11 is 2.91. The zero-order valence-electron chi connectivity index (χ0n) is 5.54. The van der Waals surface area contributed by atoms with Crippen molar-refractivity contribution in [3.05, 3.63) is 27.0 Å². The van der Waals surface area contributed by atoms with E-state index in [1.54, 1.807) is 0 Å². The monoisotopic (exact) mass is 271 g/mol. The molecule has 0 atom stereocenters. The second-order valence-corrected chi connectivity index (χ2v) is 5.34. The summed E-state index contributed by atoms with van der Waals surface area (Å²) < 4.78 is 21.6. The molecular formula is C5H3BrClNO3S. The van der Waals surface area contributed by atoms with E-state index in [2.05, 4.69) is 20.9 Å². The van der Waals surface area contributed by atoms with E-state index in [9.17, 15) is 13.2 Å². The molecule has 0 saturated carbocycles. The molecule has 0 aliphatic carbocycles. The van der Waals surface area contributed by atoms with Gasteiger partial charge in [-0.3, -0.25) is 4.79 Å². The molecule has 0 saturated heterocycles. The van der Waals surface area contributed by atoms with Gasteiger partial charge in [-0.1, -0.05) is 0 Å². The molecule has 0 aliphatic heterocycles. The Balaban J connectivity index is 3.43. The molecule has 0 bridgehead atoms. The Morgan fingerprint density at radius 2 is 2.08 bits per heavy atom. The van der Waals surface area contributed by atoms with Crippen LogP contribution in [0.5, 0.6) is 0 Å². The lowest BCUT2D eigenvalue weighted by atomic mass is 10.5. The molecule has 1 rings (SSSR count). The average molecular weight is 273 g/mol. The fourth-order valence-corrected chi connectivity index (χ4v) is 1.52. The molecule has 0 unspecified atom stereocenters. The minimum atomic E-state index is -3.85. The van der Waals surface area contributed by atoms with Gasteiger partial charge in [0.2, 0.25) is 0 Å². The van der Waals surface area contributed by atoms with Gasteiger partial charge in [-0.15, -0.1) is 0 Å². The summed E-state index contributed by atoms with van der Waals surface area (Å²) in [5.41, 5.74) is -0.437. The molecule has 0 aromatic carbocycles. The summed E-state index contributed by atoms with van der Waals surface area (Å²) in [7, 11) is 1.12. The fraction of sp³-hybridized carbons (Fsp3) is 0. The van der Waals surface area contributed by atoms with Crippen molar-refractivity contribution in [2.24, 2.45) is 0 Å². The van der Waals surface area contributed by atoms with E-state index in [4.69, 9.17) is 10.7 Å². The summed E-state index contributed by atoms with van der Waals surface area (Å²) in [6.07, 6.45) is 1.22. The third-order valence-corrected chi connectivity index (χ3v) is 2.98. The molecule has 0 radical (unpaired) electrons. The van der Waals surface area contributed by atoms with Crippen LogP contribution in [-0.2, 0) is 9.05 Å². The van der Waals surface area contributed by atoms with Crippen molar-refractivity contribution < 1.29 is 8.42 Å². The highest BCUT2D eigenvalue weighted by atomic mass is 79.9. The summed E-state index contributed by atoms with van der Waals surface area (Å²) in [4.78, 5) is 13.2. The third-order valence-electron chi connectivity index (χ3n) is 1.10. The maximum absolute atomic E-state index is 10.9. The zero-order valence-corrected chi connectivity index (χ0v) is 8.70. The van der Waals surface area contributed by atoms with E-state index >= 15 is 0 Å². The third kappa shape index (κ3) is 2.09. The highest BCUT2D eigenvalue weighted by Gasteiger charge is 2.11. The standard InChI is InChI=1S/C5H3BrClNO3S/c6-3-2-8-5(1-4(3)9)12(7,10)11/h1-2H,(H,8,9). The van der Waals surface area contributed by atoms with Crippen molar-refractivity contribution in [3.8, 4) is 0 Å². The second kappa shape index (κ2) is 3.20. The van der Waals surface area contributed by atoms with E-state index in [1.807, 2.05) is 0 Å². The van der Waals surface area contributed by atoms with Crippen LogP contribution in [0.4, 0.5) is 0 Å². The highest BCUT2D eigenvalue weighted by molar-refractivity contribution is 9.10. The van der Waals surface area contributed by atoms with Gasteiger partial charge in [-0.05, 0) is 15.9 Å². The number of rotatable bonds is 1. The van der Waals surface area contributed by atoms with Crippen molar-refractivity contribution in [3.63, 3.8) is 0 Å². The van der Waals surface area contributed by atoms with Crippen LogP contribution in [0, 0.1) is 0 Å². The number of H-pyrrole nitrogens is 1. The first-order valence-electron chi connectivity index (χ1n) is 2.74. The van der Waals surface area contributed by atoms with Gasteiger partial charge in [-0.25, -0.2) is 8.42 Å². The Morgan fingerprint density at radius 1 is 1.50 bits per heavy atom. The van der Waals surface area contributed by atoms with Gasteiger partial charge in [0.1, 0.15) is 0 Å². The molecule has 1 N–H and O–H groups in total. The fourth-order valence-electron chi connectivity index (χ4n) is 0.576. The molecule has 0 fully saturated rings. The van der Waals surface area contributed by atoms with Crippen molar-refractivity contribution in [1.29, 1.82) is 0 Å². The summed E-state index contributed by atoms with van der Waals surface area (Å²) in [6, 6.07) is 0.909. The average Bonchev–Trinajstić information content (AvgIpc) is 1.92. The van der Waals surface area contributed by atoms with Crippen LogP contribution < -0.4 is 5.43 Å². The second-order valence-electron chi connectivity index (χ2n) is 1.95. The van der Waals surface area contributed by atoms with Crippen molar-refractivity contribution in [2.75, 3.05) is 0 Å². The number of pyridine rings is 1. The molecule has 66 valence electrons. The first-order chi connectivity index (χ1) is 5.41. The summed E-state index contributed by atoms with van der Waals surface area (Å²) in [5, 5.41) is -0.308. The largest absolute Gasteiger partial charge is 0.350 e. The lowest BCUT2D eigenvalue weighted by molar-refractivity contribution is 0.606. The molecule has 12 heavy (non-hydrogen) atoms.